The molecule has 4 heteroatoms. The Labute approximate surface area is 123 Å². The van der Waals surface area contributed by atoms with E-state index < -0.39 is 5.95 Å². The fourth-order valence-corrected chi connectivity index (χ4v) is 3.92. The summed E-state index contributed by atoms with van der Waals surface area (Å²) in [5.41, 5.74) is 2.67. The standard InChI is InChI=1S/C17H18FN3/c1-21-12-6-8-16(21)13(9-12)15-7-5-11(10-19-15)14-3-2-4-17(18)20-14/h2-5,7,10,12-13,16H,6,8-9H2,1H3/t12-,13?,16+/m0/s1/i18-1. The van der Waals surface area contributed by atoms with E-state index in [0.717, 1.165) is 17.3 Å². The Morgan fingerprint density at radius 3 is 2.71 bits per heavy atom. The van der Waals surface area contributed by atoms with Crippen LogP contribution in [0.15, 0.2) is 36.5 Å². The highest BCUT2D eigenvalue weighted by Gasteiger charge is 2.44. The van der Waals surface area contributed by atoms with E-state index in [9.17, 15) is 4.39 Å². The van der Waals surface area contributed by atoms with E-state index in [1.165, 1.54) is 25.3 Å². The molecule has 0 spiro atoms. The van der Waals surface area contributed by atoms with Gasteiger partial charge in [0, 0.05) is 35.5 Å². The predicted molar refractivity (Wildman–Crippen MR) is 79.4 cm³/mol. The quantitative estimate of drug-likeness (QED) is 0.792. The number of rotatable bonds is 2. The van der Waals surface area contributed by atoms with Gasteiger partial charge >= 0.3 is 0 Å². The molecule has 2 saturated heterocycles. The zero-order valence-electron chi connectivity index (χ0n) is 12.0. The minimum atomic E-state index is -0.452. The largest absolute Gasteiger partial charge is 0.300 e. The third-order valence-electron chi connectivity index (χ3n) is 5.06. The number of hydrogen-bond donors (Lipinski definition) is 0. The van der Waals surface area contributed by atoms with Crippen LogP contribution in [-0.4, -0.2) is 34.0 Å². The lowest BCUT2D eigenvalue weighted by Crippen LogP contribution is -2.25. The zero-order chi connectivity index (χ0) is 14.4. The molecule has 2 fully saturated rings. The van der Waals surface area contributed by atoms with Crippen LogP contribution < -0.4 is 0 Å². The molecule has 3 nitrogen and oxygen atoms in total. The van der Waals surface area contributed by atoms with Gasteiger partial charge in [0.05, 0.1) is 5.69 Å². The highest BCUT2D eigenvalue weighted by atomic mass is 18.2. The SMILES string of the molecule is CN1[C@H]2CC[C@@H]1C(c1ccc(-c3cccc([18F])n3)cn1)C2. The van der Waals surface area contributed by atoms with Crippen LogP contribution in [0, 0.1) is 5.95 Å². The molecular weight excluding hydrogens is 264 g/mol. The Kier molecular flexibility index (Phi) is 3.00. The molecular formula is C17H18FN3. The molecule has 2 aromatic heterocycles. The smallest absolute Gasteiger partial charge is 0.213 e. The predicted octanol–water partition coefficient (Wildman–Crippen LogP) is 3.23. The Bertz CT molecular complexity index is 655. The van der Waals surface area contributed by atoms with Gasteiger partial charge in [0.25, 0.3) is 0 Å². The van der Waals surface area contributed by atoms with E-state index in [1.54, 1.807) is 6.07 Å². The average molecular weight is 282 g/mol. The molecule has 1 unspecified atom stereocenters. The van der Waals surface area contributed by atoms with E-state index >= 15 is 0 Å². The first-order valence-corrected chi connectivity index (χ1v) is 7.53. The van der Waals surface area contributed by atoms with Crippen LogP contribution in [0.5, 0.6) is 0 Å². The first-order chi connectivity index (χ1) is 10.2. The normalized spacial score (nSPS) is 28.2. The maximum absolute atomic E-state index is 13.2. The van der Waals surface area contributed by atoms with Crippen LogP contribution in [0.1, 0.15) is 30.9 Å². The second kappa shape index (κ2) is 4.88. The molecule has 2 bridgehead atoms. The second-order valence-corrected chi connectivity index (χ2v) is 6.12. The molecule has 2 aliphatic heterocycles. The maximum atomic E-state index is 13.2. The third kappa shape index (κ3) is 2.14. The van der Waals surface area contributed by atoms with Crippen molar-refractivity contribution in [1.82, 2.24) is 14.9 Å². The summed E-state index contributed by atoms with van der Waals surface area (Å²) in [5.74, 6) is 0.0922. The molecule has 0 saturated carbocycles. The fourth-order valence-electron chi connectivity index (χ4n) is 3.92. The van der Waals surface area contributed by atoms with E-state index in [4.69, 9.17) is 0 Å². The minimum absolute atomic E-state index is 0.452. The summed E-state index contributed by atoms with van der Waals surface area (Å²) in [6, 6.07) is 10.3. The summed E-state index contributed by atoms with van der Waals surface area (Å²) in [6.07, 6.45) is 5.64. The summed E-state index contributed by atoms with van der Waals surface area (Å²) in [6.45, 7) is 0. The van der Waals surface area contributed by atoms with Crippen molar-refractivity contribution in [3.05, 3.63) is 48.2 Å². The first-order valence-electron chi connectivity index (χ1n) is 7.53. The summed E-state index contributed by atoms with van der Waals surface area (Å²) >= 11 is 0. The van der Waals surface area contributed by atoms with Gasteiger partial charge in [0.2, 0.25) is 5.95 Å². The van der Waals surface area contributed by atoms with Crippen LogP contribution >= 0.6 is 0 Å². The van der Waals surface area contributed by atoms with Crippen molar-refractivity contribution < 1.29 is 4.39 Å². The van der Waals surface area contributed by atoms with Gasteiger partial charge in [-0.2, -0.15) is 4.39 Å². The lowest BCUT2D eigenvalue weighted by Gasteiger charge is -2.21. The first kappa shape index (κ1) is 12.9. The number of pyridine rings is 2. The van der Waals surface area contributed by atoms with Crippen molar-refractivity contribution in [2.24, 2.45) is 0 Å². The number of halogens is 1. The van der Waals surface area contributed by atoms with Crippen LogP contribution in [0.25, 0.3) is 11.3 Å². The van der Waals surface area contributed by atoms with E-state index in [2.05, 4.69) is 28.0 Å². The maximum Gasteiger partial charge on any atom is 0.213 e. The van der Waals surface area contributed by atoms with Gasteiger partial charge in [0.1, 0.15) is 0 Å². The molecule has 0 radical (unpaired) electrons. The molecule has 4 heterocycles. The van der Waals surface area contributed by atoms with Gasteiger partial charge in [-0.1, -0.05) is 6.07 Å². The molecule has 0 amide bonds. The molecule has 108 valence electrons. The van der Waals surface area contributed by atoms with Crippen molar-refractivity contribution in [2.75, 3.05) is 7.05 Å². The molecule has 0 aliphatic carbocycles. The Balaban J connectivity index is 1.60. The minimum Gasteiger partial charge on any atom is -0.300 e. The fraction of sp³-hybridized carbons (Fsp3) is 0.412. The van der Waals surface area contributed by atoms with E-state index in [0.29, 0.717) is 17.7 Å². The van der Waals surface area contributed by atoms with Crippen molar-refractivity contribution in [3.63, 3.8) is 0 Å². The van der Waals surface area contributed by atoms with Crippen LogP contribution in [-0.2, 0) is 0 Å². The lowest BCUT2D eigenvalue weighted by atomic mass is 9.86. The number of nitrogens with zero attached hydrogens (tertiary/aromatic N) is 3. The van der Waals surface area contributed by atoms with E-state index in [-0.39, 0.29) is 0 Å². The summed E-state index contributed by atoms with van der Waals surface area (Å²) in [7, 11) is 2.23. The van der Waals surface area contributed by atoms with Crippen molar-refractivity contribution in [3.8, 4) is 11.3 Å². The molecule has 21 heavy (non-hydrogen) atoms. The average Bonchev–Trinajstić information content (AvgIpc) is 3.03. The molecule has 2 aliphatic rings. The van der Waals surface area contributed by atoms with Crippen LogP contribution in [0.3, 0.4) is 0 Å². The van der Waals surface area contributed by atoms with Gasteiger partial charge in [0.15, 0.2) is 0 Å². The van der Waals surface area contributed by atoms with E-state index in [1.807, 2.05) is 18.3 Å². The topological polar surface area (TPSA) is 29.0 Å². The molecule has 3 atom stereocenters. The molecule has 0 N–H and O–H groups in total. The molecule has 4 rings (SSSR count). The number of hydrogen-bond acceptors (Lipinski definition) is 3. The van der Waals surface area contributed by atoms with Crippen LogP contribution in [0.4, 0.5) is 4.39 Å². The summed E-state index contributed by atoms with van der Waals surface area (Å²) in [5, 5.41) is 0. The Hall–Kier alpha value is -1.81. The Morgan fingerprint density at radius 2 is 2.10 bits per heavy atom. The highest BCUT2D eigenvalue weighted by Crippen LogP contribution is 2.45. The van der Waals surface area contributed by atoms with Gasteiger partial charge in [-0.25, -0.2) is 4.98 Å². The summed E-state index contributed by atoms with van der Waals surface area (Å²) < 4.78 is 13.2. The number of fused-ring (bicyclic) bond motifs is 2. The van der Waals surface area contributed by atoms with Crippen molar-refractivity contribution in [1.29, 1.82) is 0 Å². The summed E-state index contributed by atoms with van der Waals surface area (Å²) in [4.78, 5) is 11.0. The monoisotopic (exact) mass is 282 g/mol. The van der Waals surface area contributed by atoms with Crippen LogP contribution in [0.2, 0.25) is 0 Å². The Morgan fingerprint density at radius 1 is 1.19 bits per heavy atom. The van der Waals surface area contributed by atoms with Crippen molar-refractivity contribution in [2.45, 2.75) is 37.3 Å². The number of likely N-dealkylation sites (N-methyl/N-ethyl adjacent to an activating group) is 1. The zero-order valence-corrected chi connectivity index (χ0v) is 12.0. The molecule has 2 aromatic rings. The molecule has 0 aromatic carbocycles. The van der Waals surface area contributed by atoms with Gasteiger partial charge in [-0.15, -0.1) is 0 Å². The highest BCUT2D eigenvalue weighted by molar-refractivity contribution is 5.57. The number of aromatic nitrogens is 2. The third-order valence-corrected chi connectivity index (χ3v) is 5.06. The van der Waals surface area contributed by atoms with Gasteiger partial charge in [-0.3, -0.25) is 9.88 Å². The second-order valence-electron chi connectivity index (χ2n) is 6.12. The van der Waals surface area contributed by atoms with Crippen molar-refractivity contribution >= 4 is 0 Å². The van der Waals surface area contributed by atoms with Gasteiger partial charge in [-0.05, 0) is 50.6 Å². The lowest BCUT2D eigenvalue weighted by molar-refractivity contribution is 0.306. The van der Waals surface area contributed by atoms with Gasteiger partial charge < -0.3 is 0 Å².